The number of aromatic nitrogens is 1. The van der Waals surface area contributed by atoms with Crippen molar-refractivity contribution in [3.05, 3.63) is 45.7 Å². The highest BCUT2D eigenvalue weighted by Crippen LogP contribution is 2.29. The normalized spacial score (nSPS) is 15.8. The molecule has 0 aliphatic carbocycles. The van der Waals surface area contributed by atoms with Gasteiger partial charge in [0.2, 0.25) is 10.0 Å². The number of benzene rings is 1. The zero-order valence-electron chi connectivity index (χ0n) is 13.8. The Hall–Kier alpha value is -1.39. The van der Waals surface area contributed by atoms with E-state index in [1.165, 1.54) is 21.1 Å². The van der Waals surface area contributed by atoms with Crippen LogP contribution in [0.25, 0.3) is 0 Å². The number of esters is 1. The first-order chi connectivity index (χ1) is 12.3. The summed E-state index contributed by atoms with van der Waals surface area (Å²) < 4.78 is 39.2. The van der Waals surface area contributed by atoms with Crippen LogP contribution in [0.4, 0.5) is 0 Å². The number of nitrogens with zero attached hydrogens (tertiary/aromatic N) is 2. The zero-order chi connectivity index (χ0) is 18.9. The van der Waals surface area contributed by atoms with E-state index in [1.54, 1.807) is 25.2 Å². The Morgan fingerprint density at radius 1 is 1.27 bits per heavy atom. The highest BCUT2D eigenvalue weighted by molar-refractivity contribution is 9.10. The standard InChI is InChI=1S/C16H16BrClN2O5S/c1-19-10-12(26(22,23)20-4-6-24-7-5-20)9-14(19)16(21)25-15-3-2-11(18)8-13(15)17/h2-3,8-10H,4-7H2,1H3. The Balaban J connectivity index is 1.84. The topological polar surface area (TPSA) is 77.8 Å². The summed E-state index contributed by atoms with van der Waals surface area (Å²) in [4.78, 5) is 12.5. The molecule has 0 atom stereocenters. The molecule has 1 aromatic heterocycles. The van der Waals surface area contributed by atoms with Crippen molar-refractivity contribution >= 4 is 43.5 Å². The first-order valence-corrected chi connectivity index (χ1v) is 10.3. The van der Waals surface area contributed by atoms with Gasteiger partial charge in [0, 0.05) is 31.4 Å². The number of sulfonamides is 1. The van der Waals surface area contributed by atoms with Gasteiger partial charge < -0.3 is 14.0 Å². The van der Waals surface area contributed by atoms with E-state index in [9.17, 15) is 13.2 Å². The largest absolute Gasteiger partial charge is 0.421 e. The van der Waals surface area contributed by atoms with E-state index in [1.807, 2.05) is 0 Å². The molecule has 26 heavy (non-hydrogen) atoms. The SMILES string of the molecule is Cn1cc(S(=O)(=O)N2CCOCC2)cc1C(=O)Oc1ccc(Cl)cc1Br. The van der Waals surface area contributed by atoms with Crippen LogP contribution in [0.5, 0.6) is 5.75 Å². The second-order valence-corrected chi connectivity index (χ2v) is 8.88. The van der Waals surface area contributed by atoms with Gasteiger partial charge in [-0.2, -0.15) is 4.31 Å². The average Bonchev–Trinajstić information content (AvgIpc) is 3.01. The van der Waals surface area contributed by atoms with E-state index >= 15 is 0 Å². The molecule has 0 N–H and O–H groups in total. The molecule has 10 heteroatoms. The maximum Gasteiger partial charge on any atom is 0.360 e. The first kappa shape index (κ1) is 19.4. The Morgan fingerprint density at radius 3 is 2.62 bits per heavy atom. The minimum Gasteiger partial charge on any atom is -0.421 e. The van der Waals surface area contributed by atoms with Crippen molar-refractivity contribution < 1.29 is 22.7 Å². The highest BCUT2D eigenvalue weighted by atomic mass is 79.9. The lowest BCUT2D eigenvalue weighted by molar-refractivity contribution is 0.0722. The predicted molar refractivity (Wildman–Crippen MR) is 99.1 cm³/mol. The number of ether oxygens (including phenoxy) is 2. The molecular formula is C16H16BrClN2O5S. The van der Waals surface area contributed by atoms with Gasteiger partial charge in [0.1, 0.15) is 16.3 Å². The molecule has 2 heterocycles. The Bertz CT molecular complexity index is 938. The summed E-state index contributed by atoms with van der Waals surface area (Å²) in [6.45, 7) is 1.28. The van der Waals surface area contributed by atoms with Gasteiger partial charge >= 0.3 is 5.97 Å². The fourth-order valence-corrected chi connectivity index (χ4v) is 4.77. The molecule has 7 nitrogen and oxygen atoms in total. The molecular weight excluding hydrogens is 448 g/mol. The summed E-state index contributed by atoms with van der Waals surface area (Å²) in [5, 5.41) is 0.495. The lowest BCUT2D eigenvalue weighted by Gasteiger charge is -2.25. The van der Waals surface area contributed by atoms with Crippen molar-refractivity contribution in [3.8, 4) is 5.75 Å². The van der Waals surface area contributed by atoms with Crippen molar-refractivity contribution in [2.45, 2.75) is 4.90 Å². The molecule has 2 aromatic rings. The second-order valence-electron chi connectivity index (χ2n) is 5.65. The van der Waals surface area contributed by atoms with Gasteiger partial charge in [-0.3, -0.25) is 0 Å². The maximum absolute atomic E-state index is 12.7. The molecule has 0 spiro atoms. The Kier molecular flexibility index (Phi) is 5.73. The molecule has 0 bridgehead atoms. The zero-order valence-corrected chi connectivity index (χ0v) is 17.0. The maximum atomic E-state index is 12.7. The third-order valence-corrected chi connectivity index (χ3v) is 6.61. The van der Waals surface area contributed by atoms with E-state index in [-0.39, 0.29) is 29.4 Å². The number of hydrogen-bond acceptors (Lipinski definition) is 5. The van der Waals surface area contributed by atoms with Crippen LogP contribution in [0.2, 0.25) is 5.02 Å². The fourth-order valence-electron chi connectivity index (χ4n) is 2.52. The van der Waals surface area contributed by atoms with Crippen LogP contribution < -0.4 is 4.74 Å². The van der Waals surface area contributed by atoms with Gasteiger partial charge in [-0.15, -0.1) is 0 Å². The van der Waals surface area contributed by atoms with Crippen LogP contribution in [0, 0.1) is 0 Å². The number of halogens is 2. The van der Waals surface area contributed by atoms with Crippen molar-refractivity contribution in [1.82, 2.24) is 8.87 Å². The minimum absolute atomic E-state index is 0.0454. The van der Waals surface area contributed by atoms with Crippen molar-refractivity contribution in [2.24, 2.45) is 7.05 Å². The van der Waals surface area contributed by atoms with Crippen molar-refractivity contribution in [3.63, 3.8) is 0 Å². The van der Waals surface area contributed by atoms with E-state index in [0.717, 1.165) is 0 Å². The molecule has 1 saturated heterocycles. The van der Waals surface area contributed by atoms with Crippen LogP contribution in [0.1, 0.15) is 10.5 Å². The molecule has 1 aromatic carbocycles. The number of carbonyl (C=O) groups is 1. The summed E-state index contributed by atoms with van der Waals surface area (Å²) in [5.74, 6) is -0.378. The summed E-state index contributed by atoms with van der Waals surface area (Å²) in [7, 11) is -2.10. The van der Waals surface area contributed by atoms with E-state index in [0.29, 0.717) is 22.7 Å². The average molecular weight is 464 g/mol. The molecule has 0 saturated carbocycles. The third-order valence-electron chi connectivity index (χ3n) is 3.89. The fraction of sp³-hybridized carbons (Fsp3) is 0.312. The second kappa shape index (κ2) is 7.69. The van der Waals surface area contributed by atoms with Gasteiger partial charge in [0.05, 0.1) is 17.7 Å². The molecule has 1 aliphatic rings. The van der Waals surface area contributed by atoms with E-state index in [2.05, 4.69) is 15.9 Å². The van der Waals surface area contributed by atoms with Crippen LogP contribution in [-0.4, -0.2) is 49.6 Å². The lowest BCUT2D eigenvalue weighted by Crippen LogP contribution is -2.40. The summed E-state index contributed by atoms with van der Waals surface area (Å²) in [6, 6.07) is 6.06. The van der Waals surface area contributed by atoms with Gasteiger partial charge in [-0.25, -0.2) is 13.2 Å². The highest BCUT2D eigenvalue weighted by Gasteiger charge is 2.29. The van der Waals surface area contributed by atoms with Gasteiger partial charge in [0.15, 0.2) is 0 Å². The van der Waals surface area contributed by atoms with Gasteiger partial charge in [-0.05, 0) is 40.2 Å². The molecule has 0 amide bonds. The molecule has 1 fully saturated rings. The summed E-state index contributed by atoms with van der Waals surface area (Å²) in [5.41, 5.74) is 0.124. The molecule has 1 aliphatic heterocycles. The molecule has 0 unspecified atom stereocenters. The van der Waals surface area contributed by atoms with Crippen LogP contribution in [0.15, 0.2) is 39.8 Å². The number of hydrogen-bond donors (Lipinski definition) is 0. The van der Waals surface area contributed by atoms with Gasteiger partial charge in [-0.1, -0.05) is 11.6 Å². The van der Waals surface area contributed by atoms with Crippen LogP contribution in [-0.2, 0) is 21.8 Å². The third kappa shape index (κ3) is 3.96. The van der Waals surface area contributed by atoms with Crippen molar-refractivity contribution in [2.75, 3.05) is 26.3 Å². The van der Waals surface area contributed by atoms with Crippen molar-refractivity contribution in [1.29, 1.82) is 0 Å². The number of rotatable bonds is 4. The Labute approximate surface area is 164 Å². The lowest BCUT2D eigenvalue weighted by atomic mass is 10.3. The minimum atomic E-state index is -3.69. The van der Waals surface area contributed by atoms with E-state index < -0.39 is 16.0 Å². The summed E-state index contributed by atoms with van der Waals surface area (Å²) >= 11 is 9.14. The number of morpholine rings is 1. The van der Waals surface area contributed by atoms with Crippen LogP contribution in [0.3, 0.4) is 0 Å². The van der Waals surface area contributed by atoms with Gasteiger partial charge in [0.25, 0.3) is 0 Å². The smallest absolute Gasteiger partial charge is 0.360 e. The van der Waals surface area contributed by atoms with E-state index in [4.69, 9.17) is 21.1 Å². The quantitative estimate of drug-likeness (QED) is 0.515. The Morgan fingerprint density at radius 2 is 1.96 bits per heavy atom. The molecule has 0 radical (unpaired) electrons. The predicted octanol–water partition coefficient (Wildman–Crippen LogP) is 2.68. The monoisotopic (exact) mass is 462 g/mol. The number of aryl methyl sites for hydroxylation is 1. The molecule has 3 rings (SSSR count). The van der Waals surface area contributed by atoms with Crippen LogP contribution >= 0.6 is 27.5 Å². The summed E-state index contributed by atoms with van der Waals surface area (Å²) in [6.07, 6.45) is 1.40. The first-order valence-electron chi connectivity index (χ1n) is 7.70. The molecule has 140 valence electrons. The number of carbonyl (C=O) groups excluding carboxylic acids is 1.